The number of hydrogen-bond donors (Lipinski definition) is 2. The van der Waals surface area contributed by atoms with Crippen LogP contribution in [-0.4, -0.2) is 46.5 Å². The van der Waals surface area contributed by atoms with Crippen LogP contribution in [-0.2, 0) is 9.59 Å². The third kappa shape index (κ3) is 2.42. The molecule has 2 heterocycles. The van der Waals surface area contributed by atoms with E-state index in [-0.39, 0.29) is 28.6 Å². The second-order valence-corrected chi connectivity index (χ2v) is 6.47. The Hall–Kier alpha value is -0.750. The molecule has 6 heteroatoms. The lowest BCUT2D eigenvalue weighted by Crippen LogP contribution is -2.49. The number of nitrogens with two attached hydrogens (primary N) is 1. The SMILES string of the molecule is CC(C)C(=O)N1CCC2(C1)N[C@H](C(N)=O)CS2. The van der Waals surface area contributed by atoms with Gasteiger partial charge in [-0.1, -0.05) is 13.8 Å². The first-order valence-electron chi connectivity index (χ1n) is 5.93. The number of carbonyl (C=O) groups is 2. The monoisotopic (exact) mass is 257 g/mol. The average molecular weight is 257 g/mol. The molecular formula is C11H19N3O2S. The molecule has 0 aromatic heterocycles. The van der Waals surface area contributed by atoms with Crippen LogP contribution < -0.4 is 11.1 Å². The van der Waals surface area contributed by atoms with E-state index in [9.17, 15) is 9.59 Å². The summed E-state index contributed by atoms with van der Waals surface area (Å²) in [7, 11) is 0. The molecule has 0 aromatic carbocycles. The lowest BCUT2D eigenvalue weighted by atomic mass is 10.2. The van der Waals surface area contributed by atoms with Gasteiger partial charge >= 0.3 is 0 Å². The van der Waals surface area contributed by atoms with Gasteiger partial charge in [0.2, 0.25) is 11.8 Å². The molecule has 1 unspecified atom stereocenters. The Kier molecular flexibility index (Phi) is 3.36. The Morgan fingerprint density at radius 2 is 2.24 bits per heavy atom. The Morgan fingerprint density at radius 3 is 2.76 bits per heavy atom. The highest BCUT2D eigenvalue weighted by molar-refractivity contribution is 8.01. The van der Waals surface area contributed by atoms with Gasteiger partial charge in [-0.3, -0.25) is 14.9 Å². The van der Waals surface area contributed by atoms with Gasteiger partial charge in [0, 0.05) is 24.8 Å². The zero-order valence-corrected chi connectivity index (χ0v) is 11.0. The van der Waals surface area contributed by atoms with Gasteiger partial charge in [0.05, 0.1) is 10.9 Å². The summed E-state index contributed by atoms with van der Waals surface area (Å²) in [5, 5.41) is 3.28. The summed E-state index contributed by atoms with van der Waals surface area (Å²) < 4.78 is 0. The van der Waals surface area contributed by atoms with E-state index in [1.54, 1.807) is 11.8 Å². The van der Waals surface area contributed by atoms with E-state index < -0.39 is 0 Å². The summed E-state index contributed by atoms with van der Waals surface area (Å²) in [4.78, 5) is 24.8. The molecule has 2 fully saturated rings. The second-order valence-electron chi connectivity index (χ2n) is 5.07. The molecule has 3 N–H and O–H groups in total. The number of amides is 2. The van der Waals surface area contributed by atoms with Crippen molar-refractivity contribution in [2.75, 3.05) is 18.8 Å². The number of nitrogens with one attached hydrogen (secondary N) is 1. The molecule has 96 valence electrons. The summed E-state index contributed by atoms with van der Waals surface area (Å²) in [5.41, 5.74) is 5.30. The molecule has 0 radical (unpaired) electrons. The quantitative estimate of drug-likeness (QED) is 0.716. The fraction of sp³-hybridized carbons (Fsp3) is 0.818. The molecule has 0 bridgehead atoms. The van der Waals surface area contributed by atoms with Gasteiger partial charge in [-0.05, 0) is 6.42 Å². The second kappa shape index (κ2) is 4.49. The van der Waals surface area contributed by atoms with Crippen LogP contribution in [0.5, 0.6) is 0 Å². The predicted molar refractivity (Wildman–Crippen MR) is 67.3 cm³/mol. The van der Waals surface area contributed by atoms with E-state index in [1.165, 1.54) is 0 Å². The number of rotatable bonds is 2. The first kappa shape index (κ1) is 12.7. The predicted octanol–water partition coefficient (Wildman–Crippen LogP) is -0.239. The third-order valence-electron chi connectivity index (χ3n) is 3.34. The van der Waals surface area contributed by atoms with Gasteiger partial charge < -0.3 is 10.6 Å². The molecule has 2 aliphatic heterocycles. The number of carbonyl (C=O) groups excluding carboxylic acids is 2. The van der Waals surface area contributed by atoms with Crippen LogP contribution >= 0.6 is 11.8 Å². The van der Waals surface area contributed by atoms with Crippen molar-refractivity contribution in [1.29, 1.82) is 0 Å². The number of hydrogen-bond acceptors (Lipinski definition) is 4. The fourth-order valence-electron chi connectivity index (χ4n) is 2.37. The van der Waals surface area contributed by atoms with Gasteiger partial charge in [0.1, 0.15) is 0 Å². The van der Waals surface area contributed by atoms with Crippen molar-refractivity contribution in [3.05, 3.63) is 0 Å². The maximum atomic E-state index is 11.9. The first-order chi connectivity index (χ1) is 7.93. The number of likely N-dealkylation sites (tertiary alicyclic amines) is 1. The largest absolute Gasteiger partial charge is 0.368 e. The molecule has 0 saturated carbocycles. The van der Waals surface area contributed by atoms with Gasteiger partial charge in [-0.15, -0.1) is 11.8 Å². The van der Waals surface area contributed by atoms with E-state index >= 15 is 0 Å². The van der Waals surface area contributed by atoms with Gasteiger partial charge in [-0.2, -0.15) is 0 Å². The normalized spacial score (nSPS) is 32.6. The number of thioether (sulfide) groups is 1. The van der Waals surface area contributed by atoms with E-state index in [1.807, 2.05) is 18.7 Å². The summed E-state index contributed by atoms with van der Waals surface area (Å²) >= 11 is 1.72. The standard InChI is InChI=1S/C11H19N3O2S/c1-7(2)10(16)14-4-3-11(6-14)13-8(5-17-11)9(12)15/h7-8,13H,3-6H2,1-2H3,(H2,12,15)/t8-,11?/m0/s1. The molecule has 0 aromatic rings. The molecule has 2 rings (SSSR count). The average Bonchev–Trinajstić information content (AvgIpc) is 2.86. The summed E-state index contributed by atoms with van der Waals surface area (Å²) in [6.45, 7) is 5.27. The van der Waals surface area contributed by atoms with Crippen molar-refractivity contribution in [1.82, 2.24) is 10.2 Å². The zero-order chi connectivity index (χ0) is 12.6. The molecule has 2 saturated heterocycles. The van der Waals surface area contributed by atoms with Gasteiger partial charge in [0.15, 0.2) is 0 Å². The molecule has 5 nitrogen and oxygen atoms in total. The highest BCUT2D eigenvalue weighted by atomic mass is 32.2. The molecule has 0 aliphatic carbocycles. The van der Waals surface area contributed by atoms with Crippen LogP contribution in [0.15, 0.2) is 0 Å². The minimum absolute atomic E-state index is 0.0310. The highest BCUT2D eigenvalue weighted by Crippen LogP contribution is 2.38. The van der Waals surface area contributed by atoms with Gasteiger partial charge in [-0.25, -0.2) is 0 Å². The molecule has 17 heavy (non-hydrogen) atoms. The van der Waals surface area contributed by atoms with Crippen molar-refractivity contribution >= 4 is 23.6 Å². The molecule has 2 atom stereocenters. The molecular weight excluding hydrogens is 238 g/mol. The lowest BCUT2D eigenvalue weighted by Gasteiger charge is -2.25. The van der Waals surface area contributed by atoms with Crippen LogP contribution in [0.25, 0.3) is 0 Å². The molecule has 1 spiro atoms. The summed E-state index contributed by atoms with van der Waals surface area (Å²) in [6, 6.07) is -0.255. The first-order valence-corrected chi connectivity index (χ1v) is 6.92. The Labute approximate surface area is 105 Å². The maximum absolute atomic E-state index is 11.9. The molecule has 2 amide bonds. The van der Waals surface area contributed by atoms with Crippen molar-refractivity contribution in [2.24, 2.45) is 11.7 Å². The van der Waals surface area contributed by atoms with Crippen molar-refractivity contribution in [3.63, 3.8) is 0 Å². The van der Waals surface area contributed by atoms with Crippen LogP contribution in [0.4, 0.5) is 0 Å². The fourth-order valence-corrected chi connectivity index (χ4v) is 3.81. The van der Waals surface area contributed by atoms with E-state index in [0.29, 0.717) is 12.3 Å². The van der Waals surface area contributed by atoms with E-state index in [4.69, 9.17) is 5.73 Å². The highest BCUT2D eigenvalue weighted by Gasteiger charge is 2.47. The topological polar surface area (TPSA) is 75.4 Å². The maximum Gasteiger partial charge on any atom is 0.235 e. The minimum Gasteiger partial charge on any atom is -0.368 e. The Balaban J connectivity index is 1.98. The minimum atomic E-state index is -0.303. The van der Waals surface area contributed by atoms with Crippen LogP contribution in [0.3, 0.4) is 0 Å². The summed E-state index contributed by atoms with van der Waals surface area (Å²) in [6.07, 6.45) is 0.889. The van der Waals surface area contributed by atoms with E-state index in [0.717, 1.165) is 13.0 Å². The Bertz CT molecular complexity index is 348. The van der Waals surface area contributed by atoms with Crippen LogP contribution in [0, 0.1) is 5.92 Å². The number of nitrogens with zero attached hydrogens (tertiary/aromatic N) is 1. The Morgan fingerprint density at radius 1 is 1.53 bits per heavy atom. The van der Waals surface area contributed by atoms with Crippen molar-refractivity contribution in [3.8, 4) is 0 Å². The zero-order valence-electron chi connectivity index (χ0n) is 10.2. The molecule has 2 aliphatic rings. The summed E-state index contributed by atoms with van der Waals surface area (Å²) in [5.74, 6) is 0.622. The van der Waals surface area contributed by atoms with Crippen LogP contribution in [0.1, 0.15) is 20.3 Å². The third-order valence-corrected chi connectivity index (χ3v) is 4.85. The van der Waals surface area contributed by atoms with Crippen molar-refractivity contribution < 1.29 is 9.59 Å². The number of primary amides is 1. The van der Waals surface area contributed by atoms with Crippen molar-refractivity contribution in [2.45, 2.75) is 31.2 Å². The smallest absolute Gasteiger partial charge is 0.235 e. The van der Waals surface area contributed by atoms with Gasteiger partial charge in [0.25, 0.3) is 0 Å². The lowest BCUT2D eigenvalue weighted by molar-refractivity contribution is -0.133. The van der Waals surface area contributed by atoms with Crippen LogP contribution in [0.2, 0.25) is 0 Å². The van der Waals surface area contributed by atoms with E-state index in [2.05, 4.69) is 5.32 Å².